The molecule has 1 unspecified atom stereocenters. The van der Waals surface area contributed by atoms with Crippen LogP contribution in [-0.4, -0.2) is 23.7 Å². The fourth-order valence-electron chi connectivity index (χ4n) is 0.632. The lowest BCUT2D eigenvalue weighted by atomic mass is 10.3. The van der Waals surface area contributed by atoms with Crippen LogP contribution < -0.4 is 11.5 Å². The van der Waals surface area contributed by atoms with Gasteiger partial charge in [0.25, 0.3) is 0 Å². The third kappa shape index (κ3) is 4.29. The number of carboxylic acids is 1. The second-order valence-corrected chi connectivity index (χ2v) is 2.23. The molecule has 4 heteroatoms. The molecule has 1 atom stereocenters. The number of rotatable bonds is 5. The van der Waals surface area contributed by atoms with Crippen molar-refractivity contribution in [2.75, 3.05) is 6.54 Å². The van der Waals surface area contributed by atoms with Gasteiger partial charge in [-0.1, -0.05) is 6.42 Å². The topological polar surface area (TPSA) is 89.3 Å². The van der Waals surface area contributed by atoms with Gasteiger partial charge in [0.2, 0.25) is 0 Å². The van der Waals surface area contributed by atoms with Crippen molar-refractivity contribution in [2.45, 2.75) is 25.3 Å². The Morgan fingerprint density at radius 1 is 1.50 bits per heavy atom. The lowest BCUT2D eigenvalue weighted by molar-refractivity contribution is -0.138. The molecule has 10 heavy (non-hydrogen) atoms. The van der Waals surface area contributed by atoms with E-state index in [0.717, 1.165) is 12.8 Å². The molecule has 0 amide bonds. The molecule has 0 saturated carbocycles. The zero-order valence-corrected chi connectivity index (χ0v) is 5.92. The number of aliphatic carboxylic acids is 1. The standard InChI is InChI=1S/C6H14N2O2/c7-4-2-1-3-5(8)6(9)10/h5H,1-4,7-8H2,(H,9,10)/i5+1. The first-order valence-corrected chi connectivity index (χ1v) is 3.37. The highest BCUT2D eigenvalue weighted by Crippen LogP contribution is 1.96. The SMILES string of the molecule is NCCCC[13CH](N)C(=O)O. The van der Waals surface area contributed by atoms with Crippen LogP contribution in [0.1, 0.15) is 19.3 Å². The fraction of sp³-hybridized carbons (Fsp3) is 0.833. The Kier molecular flexibility index (Phi) is 4.88. The Hall–Kier alpha value is -0.610. The number of carbonyl (C=O) groups is 1. The van der Waals surface area contributed by atoms with Crippen LogP contribution in [0.2, 0.25) is 0 Å². The summed E-state index contributed by atoms with van der Waals surface area (Å²) in [5.74, 6) is -0.933. The first-order chi connectivity index (χ1) is 4.68. The van der Waals surface area contributed by atoms with E-state index in [1.165, 1.54) is 0 Å². The summed E-state index contributed by atoms with van der Waals surface area (Å²) >= 11 is 0. The first-order valence-electron chi connectivity index (χ1n) is 3.37. The molecule has 0 aromatic rings. The van der Waals surface area contributed by atoms with Gasteiger partial charge in [-0.25, -0.2) is 0 Å². The summed E-state index contributed by atoms with van der Waals surface area (Å²) in [5, 5.41) is 8.33. The molecule has 0 aromatic heterocycles. The number of hydrogen-bond acceptors (Lipinski definition) is 3. The highest BCUT2D eigenvalue weighted by molar-refractivity contribution is 5.72. The Balaban J connectivity index is 3.21. The molecular weight excluding hydrogens is 133 g/mol. The predicted octanol–water partition coefficient (Wildman–Crippen LogP) is -0.473. The molecule has 0 rings (SSSR count). The third-order valence-corrected chi connectivity index (χ3v) is 1.29. The van der Waals surface area contributed by atoms with Crippen molar-refractivity contribution in [3.63, 3.8) is 0 Å². The minimum absolute atomic E-state index is 0.520. The predicted molar refractivity (Wildman–Crippen MR) is 38.5 cm³/mol. The van der Waals surface area contributed by atoms with Gasteiger partial charge in [-0.05, 0) is 19.4 Å². The van der Waals surface area contributed by atoms with Gasteiger partial charge >= 0.3 is 5.97 Å². The second-order valence-electron chi connectivity index (χ2n) is 2.23. The van der Waals surface area contributed by atoms with Gasteiger partial charge in [-0.15, -0.1) is 0 Å². The number of hydrogen-bond donors (Lipinski definition) is 3. The molecule has 5 N–H and O–H groups in total. The maximum atomic E-state index is 10.1. The smallest absolute Gasteiger partial charge is 0.320 e. The molecule has 0 bridgehead atoms. The van der Waals surface area contributed by atoms with Crippen molar-refractivity contribution >= 4 is 5.97 Å². The van der Waals surface area contributed by atoms with Gasteiger partial charge < -0.3 is 16.6 Å². The van der Waals surface area contributed by atoms with Gasteiger partial charge in [0.1, 0.15) is 6.04 Å². The molecule has 0 fully saturated rings. The summed E-state index contributed by atoms with van der Waals surface area (Å²) in [4.78, 5) is 10.1. The summed E-state index contributed by atoms with van der Waals surface area (Å²) in [6.45, 7) is 0.604. The first kappa shape index (κ1) is 9.39. The Morgan fingerprint density at radius 2 is 2.10 bits per heavy atom. The van der Waals surface area contributed by atoms with Crippen molar-refractivity contribution in [1.29, 1.82) is 0 Å². The summed E-state index contributed by atoms with van der Waals surface area (Å²) < 4.78 is 0. The largest absolute Gasteiger partial charge is 0.480 e. The van der Waals surface area contributed by atoms with E-state index in [0.29, 0.717) is 13.0 Å². The van der Waals surface area contributed by atoms with E-state index in [9.17, 15) is 4.79 Å². The normalized spacial score (nSPS) is 13.0. The van der Waals surface area contributed by atoms with Crippen molar-refractivity contribution in [2.24, 2.45) is 11.5 Å². The summed E-state index contributed by atoms with van der Waals surface area (Å²) in [6, 6.07) is -0.716. The molecule has 0 heterocycles. The number of carboxylic acid groups (broad SMARTS) is 1. The molecule has 4 nitrogen and oxygen atoms in total. The Morgan fingerprint density at radius 3 is 2.50 bits per heavy atom. The average molecular weight is 147 g/mol. The highest BCUT2D eigenvalue weighted by Gasteiger charge is 2.09. The van der Waals surface area contributed by atoms with Crippen LogP contribution in [0.4, 0.5) is 0 Å². The van der Waals surface area contributed by atoms with E-state index in [-0.39, 0.29) is 0 Å². The van der Waals surface area contributed by atoms with E-state index in [1.807, 2.05) is 0 Å². The Labute approximate surface area is 60.2 Å². The van der Waals surface area contributed by atoms with Crippen LogP contribution in [0.5, 0.6) is 0 Å². The van der Waals surface area contributed by atoms with Crippen LogP contribution in [0.25, 0.3) is 0 Å². The fourth-order valence-corrected chi connectivity index (χ4v) is 0.632. The molecule has 0 aliphatic carbocycles. The van der Waals surface area contributed by atoms with E-state index in [2.05, 4.69) is 0 Å². The minimum Gasteiger partial charge on any atom is -0.480 e. The van der Waals surface area contributed by atoms with Crippen molar-refractivity contribution in [1.82, 2.24) is 0 Å². The molecular formula is C6H14N2O2. The van der Waals surface area contributed by atoms with Gasteiger partial charge in [-0.3, -0.25) is 4.79 Å². The van der Waals surface area contributed by atoms with E-state index in [4.69, 9.17) is 16.6 Å². The lowest BCUT2D eigenvalue weighted by Gasteiger charge is -2.03. The number of unbranched alkanes of at least 4 members (excludes halogenated alkanes) is 1. The van der Waals surface area contributed by atoms with Crippen molar-refractivity contribution in [3.05, 3.63) is 0 Å². The van der Waals surface area contributed by atoms with Crippen molar-refractivity contribution < 1.29 is 9.90 Å². The average Bonchev–Trinajstić information content (AvgIpc) is 1.88. The van der Waals surface area contributed by atoms with E-state index >= 15 is 0 Å². The third-order valence-electron chi connectivity index (χ3n) is 1.29. The van der Waals surface area contributed by atoms with Crippen LogP contribution in [-0.2, 0) is 4.79 Å². The second kappa shape index (κ2) is 5.20. The van der Waals surface area contributed by atoms with Gasteiger partial charge in [0.15, 0.2) is 0 Å². The molecule has 0 aromatic carbocycles. The summed E-state index contributed by atoms with van der Waals surface area (Å²) in [6.07, 6.45) is 2.16. The Bertz CT molecular complexity index is 106. The van der Waals surface area contributed by atoms with E-state index < -0.39 is 12.0 Å². The molecule has 0 aliphatic heterocycles. The molecule has 0 spiro atoms. The van der Waals surface area contributed by atoms with Gasteiger partial charge in [-0.2, -0.15) is 0 Å². The highest BCUT2D eigenvalue weighted by atomic mass is 16.4. The minimum atomic E-state index is -0.933. The van der Waals surface area contributed by atoms with Crippen LogP contribution in [0.15, 0.2) is 0 Å². The zero-order chi connectivity index (χ0) is 7.98. The quantitative estimate of drug-likeness (QED) is 0.362. The molecule has 0 aliphatic rings. The summed E-state index contributed by atoms with van der Waals surface area (Å²) in [7, 11) is 0. The van der Waals surface area contributed by atoms with Gasteiger partial charge in [0.05, 0.1) is 0 Å². The van der Waals surface area contributed by atoms with Gasteiger partial charge in [0, 0.05) is 0 Å². The molecule has 60 valence electrons. The van der Waals surface area contributed by atoms with Crippen LogP contribution >= 0.6 is 0 Å². The molecule has 0 saturated heterocycles. The molecule has 0 radical (unpaired) electrons. The van der Waals surface area contributed by atoms with Crippen LogP contribution in [0.3, 0.4) is 0 Å². The maximum absolute atomic E-state index is 10.1. The lowest BCUT2D eigenvalue weighted by Crippen LogP contribution is -2.29. The zero-order valence-electron chi connectivity index (χ0n) is 5.92. The van der Waals surface area contributed by atoms with Crippen molar-refractivity contribution in [3.8, 4) is 0 Å². The van der Waals surface area contributed by atoms with E-state index in [1.54, 1.807) is 0 Å². The summed E-state index contributed by atoms with van der Waals surface area (Å²) in [5.41, 5.74) is 10.4. The number of nitrogens with two attached hydrogens (primary N) is 2. The monoisotopic (exact) mass is 147 g/mol. The maximum Gasteiger partial charge on any atom is 0.320 e. The van der Waals surface area contributed by atoms with Crippen LogP contribution in [0, 0.1) is 0 Å².